The Bertz CT molecular complexity index is 840. The highest BCUT2D eigenvalue weighted by Gasteiger charge is 2.10. The number of carbonyl (C=O) groups excluding carboxylic acids is 1. The molecule has 24 heavy (non-hydrogen) atoms. The third kappa shape index (κ3) is 3.88. The molecule has 3 rings (SSSR count). The first-order chi connectivity index (χ1) is 11.8. The molecule has 1 aromatic carbocycles. The van der Waals surface area contributed by atoms with Crippen molar-refractivity contribution < 1.29 is 9.90 Å². The van der Waals surface area contributed by atoms with E-state index in [9.17, 15) is 9.90 Å². The maximum atomic E-state index is 12.1. The quantitative estimate of drug-likeness (QED) is 0.610. The highest BCUT2D eigenvalue weighted by Crippen LogP contribution is 2.16. The van der Waals surface area contributed by atoms with Gasteiger partial charge in [0.2, 0.25) is 5.91 Å². The normalized spacial score (nSPS) is 12.5. The smallest absolute Gasteiger partial charge is 0.244 e. The molecule has 3 N–H and O–H groups in total. The number of pyridine rings is 1. The second-order valence-electron chi connectivity index (χ2n) is 5.55. The van der Waals surface area contributed by atoms with Crippen LogP contribution in [0.4, 0.5) is 0 Å². The van der Waals surface area contributed by atoms with E-state index < -0.39 is 0 Å². The van der Waals surface area contributed by atoms with E-state index in [0.717, 1.165) is 22.2 Å². The Morgan fingerprint density at radius 1 is 1.25 bits per heavy atom. The number of nitrogens with one attached hydrogen (secondary N) is 2. The highest BCUT2D eigenvalue weighted by atomic mass is 16.3. The maximum Gasteiger partial charge on any atom is 0.244 e. The summed E-state index contributed by atoms with van der Waals surface area (Å²) in [6.07, 6.45) is 7.34. The van der Waals surface area contributed by atoms with Crippen LogP contribution >= 0.6 is 0 Å². The highest BCUT2D eigenvalue weighted by molar-refractivity contribution is 5.95. The lowest BCUT2D eigenvalue weighted by atomic mass is 10.1. The molecule has 3 aromatic rings. The summed E-state index contributed by atoms with van der Waals surface area (Å²) in [5.74, 6) is -0.233. The van der Waals surface area contributed by atoms with Gasteiger partial charge in [-0.25, -0.2) is 4.98 Å². The van der Waals surface area contributed by atoms with Crippen molar-refractivity contribution in [3.63, 3.8) is 0 Å². The van der Waals surface area contributed by atoms with Gasteiger partial charge in [0.15, 0.2) is 0 Å². The number of aromatic amines is 1. The molecule has 2 aromatic heterocycles. The molecule has 2 heterocycles. The van der Waals surface area contributed by atoms with Crippen molar-refractivity contribution in [1.82, 2.24) is 15.3 Å². The number of H-pyrrole nitrogens is 1. The molecule has 122 valence electrons. The van der Waals surface area contributed by atoms with E-state index in [1.165, 1.54) is 6.08 Å². The zero-order valence-electron chi connectivity index (χ0n) is 13.1. The zero-order valence-corrected chi connectivity index (χ0v) is 13.1. The number of rotatable bonds is 6. The Balaban J connectivity index is 1.63. The van der Waals surface area contributed by atoms with Crippen molar-refractivity contribution in [3.05, 3.63) is 72.1 Å². The largest absolute Gasteiger partial charge is 0.394 e. The summed E-state index contributed by atoms with van der Waals surface area (Å²) in [5.41, 5.74) is 2.76. The molecule has 0 unspecified atom stereocenters. The number of aromatic nitrogens is 2. The minimum Gasteiger partial charge on any atom is -0.394 e. The summed E-state index contributed by atoms with van der Waals surface area (Å²) < 4.78 is 0. The van der Waals surface area contributed by atoms with Gasteiger partial charge in [-0.05, 0) is 30.2 Å². The molecule has 0 radical (unpaired) electrons. The first-order valence-corrected chi connectivity index (χ1v) is 7.81. The van der Waals surface area contributed by atoms with Crippen LogP contribution in [0.2, 0.25) is 0 Å². The predicted octanol–water partition coefficient (Wildman–Crippen LogP) is 2.30. The Morgan fingerprint density at radius 2 is 2.08 bits per heavy atom. The molecule has 5 nitrogen and oxygen atoms in total. The van der Waals surface area contributed by atoms with Gasteiger partial charge in [-0.3, -0.25) is 4.79 Å². The van der Waals surface area contributed by atoms with Gasteiger partial charge in [0, 0.05) is 29.4 Å². The van der Waals surface area contributed by atoms with Crippen molar-refractivity contribution >= 4 is 23.0 Å². The SMILES string of the molecule is O=C(C=Cc1c[nH]c2ncccc12)N[C@H](CO)Cc1ccccc1. The molecule has 0 saturated heterocycles. The number of aliphatic hydroxyl groups excluding tert-OH is 1. The lowest BCUT2D eigenvalue weighted by molar-refractivity contribution is -0.117. The first-order valence-electron chi connectivity index (χ1n) is 7.81. The van der Waals surface area contributed by atoms with Gasteiger partial charge < -0.3 is 15.4 Å². The third-order valence-electron chi connectivity index (χ3n) is 3.79. The summed E-state index contributed by atoms with van der Waals surface area (Å²) in [4.78, 5) is 19.4. The fraction of sp³-hybridized carbons (Fsp3) is 0.158. The van der Waals surface area contributed by atoms with Crippen LogP contribution in [0.5, 0.6) is 0 Å². The fourth-order valence-corrected chi connectivity index (χ4v) is 2.59. The lowest BCUT2D eigenvalue weighted by Crippen LogP contribution is -2.38. The minimum atomic E-state index is -0.311. The van der Waals surface area contributed by atoms with E-state index in [4.69, 9.17) is 0 Å². The Labute approximate surface area is 140 Å². The molecule has 0 spiro atoms. The third-order valence-corrected chi connectivity index (χ3v) is 3.79. The van der Waals surface area contributed by atoms with E-state index >= 15 is 0 Å². The van der Waals surface area contributed by atoms with Crippen molar-refractivity contribution in [3.8, 4) is 0 Å². The van der Waals surface area contributed by atoms with Crippen molar-refractivity contribution in [2.45, 2.75) is 12.5 Å². The van der Waals surface area contributed by atoms with Crippen molar-refractivity contribution in [2.75, 3.05) is 6.61 Å². The zero-order chi connectivity index (χ0) is 16.8. The van der Waals surface area contributed by atoms with Crippen LogP contribution in [-0.4, -0.2) is 33.6 Å². The lowest BCUT2D eigenvalue weighted by Gasteiger charge is -2.15. The molecule has 5 heteroatoms. The van der Waals surface area contributed by atoms with Gasteiger partial charge in [-0.15, -0.1) is 0 Å². The average molecular weight is 321 g/mol. The number of fused-ring (bicyclic) bond motifs is 1. The predicted molar refractivity (Wildman–Crippen MR) is 94.3 cm³/mol. The topological polar surface area (TPSA) is 78.0 Å². The Kier molecular flexibility index (Phi) is 5.03. The fourth-order valence-electron chi connectivity index (χ4n) is 2.59. The summed E-state index contributed by atoms with van der Waals surface area (Å²) >= 11 is 0. The van der Waals surface area contributed by atoms with Gasteiger partial charge in [-0.1, -0.05) is 30.3 Å². The second kappa shape index (κ2) is 7.57. The summed E-state index contributed by atoms with van der Waals surface area (Å²) in [6.45, 7) is -0.106. The van der Waals surface area contributed by atoms with E-state index in [2.05, 4.69) is 15.3 Å². The molecule has 0 aliphatic heterocycles. The summed E-state index contributed by atoms with van der Waals surface area (Å²) in [7, 11) is 0. The van der Waals surface area contributed by atoms with E-state index in [1.54, 1.807) is 12.3 Å². The van der Waals surface area contributed by atoms with Gasteiger partial charge in [0.1, 0.15) is 5.65 Å². The molecule has 0 aliphatic carbocycles. The van der Waals surface area contributed by atoms with Crippen molar-refractivity contribution in [1.29, 1.82) is 0 Å². The molecular weight excluding hydrogens is 302 g/mol. The molecular formula is C19H19N3O2. The molecule has 1 amide bonds. The Morgan fingerprint density at radius 3 is 2.88 bits per heavy atom. The first kappa shape index (κ1) is 16.0. The van der Waals surface area contributed by atoms with Gasteiger partial charge in [0.05, 0.1) is 12.6 Å². The summed E-state index contributed by atoms with van der Waals surface area (Å²) in [6, 6.07) is 13.3. The Hall–Kier alpha value is -2.92. The molecule has 0 saturated carbocycles. The number of amides is 1. The standard InChI is InChI=1S/C19H19N3O2/c23-13-16(11-14-5-2-1-3-6-14)22-18(24)9-8-15-12-21-19-17(15)7-4-10-20-19/h1-10,12,16,23H,11,13H2,(H,20,21)(H,22,24)/t16-/m0/s1. The number of benzene rings is 1. The molecule has 0 bridgehead atoms. The molecule has 0 fully saturated rings. The number of nitrogens with zero attached hydrogens (tertiary/aromatic N) is 1. The van der Waals surface area contributed by atoms with Crippen LogP contribution in [0.1, 0.15) is 11.1 Å². The maximum absolute atomic E-state index is 12.1. The van der Waals surface area contributed by atoms with Crippen LogP contribution in [0.25, 0.3) is 17.1 Å². The van der Waals surface area contributed by atoms with E-state index in [0.29, 0.717) is 6.42 Å². The average Bonchev–Trinajstić information content (AvgIpc) is 3.03. The molecule has 0 aliphatic rings. The van der Waals surface area contributed by atoms with Crippen molar-refractivity contribution in [2.24, 2.45) is 0 Å². The number of carbonyl (C=O) groups is 1. The van der Waals surface area contributed by atoms with Crippen LogP contribution in [0.15, 0.2) is 60.9 Å². The van der Waals surface area contributed by atoms with Crippen LogP contribution in [0, 0.1) is 0 Å². The van der Waals surface area contributed by atoms with Gasteiger partial charge in [-0.2, -0.15) is 0 Å². The molecule has 1 atom stereocenters. The number of hydrogen-bond donors (Lipinski definition) is 3. The summed E-state index contributed by atoms with van der Waals surface area (Å²) in [5, 5.41) is 13.3. The second-order valence-corrected chi connectivity index (χ2v) is 5.55. The minimum absolute atomic E-state index is 0.106. The van der Waals surface area contributed by atoms with Gasteiger partial charge in [0.25, 0.3) is 0 Å². The number of hydrogen-bond acceptors (Lipinski definition) is 3. The van der Waals surface area contributed by atoms with Crippen LogP contribution in [0.3, 0.4) is 0 Å². The monoisotopic (exact) mass is 321 g/mol. The van der Waals surface area contributed by atoms with Crippen LogP contribution < -0.4 is 5.32 Å². The van der Waals surface area contributed by atoms with E-state index in [-0.39, 0.29) is 18.6 Å². The van der Waals surface area contributed by atoms with Crippen LogP contribution in [-0.2, 0) is 11.2 Å². The van der Waals surface area contributed by atoms with E-state index in [1.807, 2.05) is 48.7 Å². The van der Waals surface area contributed by atoms with Gasteiger partial charge >= 0.3 is 0 Å². The number of aliphatic hydroxyl groups is 1.